The lowest BCUT2D eigenvalue weighted by atomic mass is 10.2. The van der Waals surface area contributed by atoms with Crippen molar-refractivity contribution < 1.29 is 0 Å². The second-order valence-corrected chi connectivity index (χ2v) is 4.95. The predicted octanol–water partition coefficient (Wildman–Crippen LogP) is 1.55. The van der Waals surface area contributed by atoms with Gasteiger partial charge in [0.15, 0.2) is 5.82 Å². The molecule has 0 atom stereocenters. The van der Waals surface area contributed by atoms with Crippen LogP contribution in [0, 0.1) is 6.92 Å². The van der Waals surface area contributed by atoms with Gasteiger partial charge in [0.1, 0.15) is 18.0 Å². The lowest BCUT2D eigenvalue weighted by molar-refractivity contribution is 0.548. The normalized spacial score (nSPS) is 14.6. The highest BCUT2D eigenvalue weighted by Gasteiger charge is 2.21. The Morgan fingerprint density at radius 2 is 1.95 bits per heavy atom. The molecule has 0 saturated heterocycles. The van der Waals surface area contributed by atoms with Crippen LogP contribution in [-0.2, 0) is 13.1 Å². The van der Waals surface area contributed by atoms with Crippen LogP contribution in [0.2, 0.25) is 0 Å². The summed E-state index contributed by atoms with van der Waals surface area (Å²) in [7, 11) is 0. The van der Waals surface area contributed by atoms with Gasteiger partial charge >= 0.3 is 0 Å². The Kier molecular flexibility index (Phi) is 2.42. The largest absolute Gasteiger partial charge is 0.347 e. The van der Waals surface area contributed by atoms with E-state index in [1.165, 1.54) is 0 Å². The van der Waals surface area contributed by atoms with Crippen molar-refractivity contribution in [2.45, 2.75) is 20.0 Å². The molecule has 1 aromatic carbocycles. The minimum Gasteiger partial charge on any atom is -0.347 e. The molecule has 0 bridgehead atoms. The number of nitrogens with zero attached hydrogens (tertiary/aromatic N) is 6. The standard InChI is InChI=1S/C14H14N6/c1-10-17-18-13-8-19(6-7-20(10)13)14-11-4-2-3-5-12(11)15-9-16-14/h2-5,9H,6-8H2,1H3. The van der Waals surface area contributed by atoms with E-state index in [-0.39, 0.29) is 0 Å². The fraction of sp³-hybridized carbons (Fsp3) is 0.286. The van der Waals surface area contributed by atoms with Crippen LogP contribution in [0.15, 0.2) is 30.6 Å². The van der Waals surface area contributed by atoms with Gasteiger partial charge in [-0.2, -0.15) is 0 Å². The minimum absolute atomic E-state index is 0.738. The molecule has 3 aromatic rings. The van der Waals surface area contributed by atoms with Crippen LogP contribution in [0.3, 0.4) is 0 Å². The van der Waals surface area contributed by atoms with Crippen molar-refractivity contribution in [2.24, 2.45) is 0 Å². The average Bonchev–Trinajstić information content (AvgIpc) is 2.87. The quantitative estimate of drug-likeness (QED) is 0.669. The Morgan fingerprint density at radius 3 is 2.90 bits per heavy atom. The Morgan fingerprint density at radius 1 is 1.05 bits per heavy atom. The van der Waals surface area contributed by atoms with Gasteiger partial charge in [-0.1, -0.05) is 12.1 Å². The van der Waals surface area contributed by atoms with E-state index >= 15 is 0 Å². The van der Waals surface area contributed by atoms with E-state index in [1.54, 1.807) is 6.33 Å². The maximum atomic E-state index is 4.47. The van der Waals surface area contributed by atoms with Crippen LogP contribution in [0.4, 0.5) is 5.82 Å². The molecule has 0 unspecified atom stereocenters. The van der Waals surface area contributed by atoms with E-state index in [2.05, 4.69) is 35.7 Å². The van der Waals surface area contributed by atoms with E-state index in [4.69, 9.17) is 0 Å². The number of hydrogen-bond donors (Lipinski definition) is 0. The van der Waals surface area contributed by atoms with Crippen molar-refractivity contribution in [3.63, 3.8) is 0 Å². The first-order chi connectivity index (χ1) is 9.83. The van der Waals surface area contributed by atoms with Gasteiger partial charge in [-0.3, -0.25) is 0 Å². The lowest BCUT2D eigenvalue weighted by Crippen LogP contribution is -2.34. The summed E-state index contributed by atoms with van der Waals surface area (Å²) in [5.74, 6) is 2.95. The van der Waals surface area contributed by atoms with Gasteiger partial charge in [-0.05, 0) is 19.1 Å². The van der Waals surface area contributed by atoms with Crippen molar-refractivity contribution in [3.8, 4) is 0 Å². The number of fused-ring (bicyclic) bond motifs is 2. The maximum absolute atomic E-state index is 4.47. The van der Waals surface area contributed by atoms with E-state index in [0.717, 1.165) is 48.0 Å². The maximum Gasteiger partial charge on any atom is 0.152 e. The van der Waals surface area contributed by atoms with E-state index in [0.29, 0.717) is 0 Å². The zero-order chi connectivity index (χ0) is 13.5. The van der Waals surface area contributed by atoms with Crippen LogP contribution in [0.1, 0.15) is 11.6 Å². The molecule has 4 rings (SSSR count). The zero-order valence-corrected chi connectivity index (χ0v) is 11.2. The van der Waals surface area contributed by atoms with Crippen molar-refractivity contribution in [1.29, 1.82) is 0 Å². The van der Waals surface area contributed by atoms with Gasteiger partial charge in [-0.25, -0.2) is 9.97 Å². The highest BCUT2D eigenvalue weighted by molar-refractivity contribution is 5.89. The summed E-state index contributed by atoms with van der Waals surface area (Å²) < 4.78 is 2.17. The first kappa shape index (κ1) is 11.3. The number of aryl methyl sites for hydroxylation is 1. The second kappa shape index (κ2) is 4.26. The Hall–Kier alpha value is -2.50. The highest BCUT2D eigenvalue weighted by atomic mass is 15.3. The van der Waals surface area contributed by atoms with Crippen molar-refractivity contribution in [2.75, 3.05) is 11.4 Å². The van der Waals surface area contributed by atoms with E-state index in [1.807, 2.05) is 25.1 Å². The molecule has 20 heavy (non-hydrogen) atoms. The van der Waals surface area contributed by atoms with Crippen molar-refractivity contribution in [3.05, 3.63) is 42.2 Å². The van der Waals surface area contributed by atoms with Crippen molar-refractivity contribution >= 4 is 16.7 Å². The zero-order valence-electron chi connectivity index (χ0n) is 11.2. The predicted molar refractivity (Wildman–Crippen MR) is 75.3 cm³/mol. The fourth-order valence-electron chi connectivity index (χ4n) is 2.73. The third-order valence-corrected chi connectivity index (χ3v) is 3.76. The Balaban J connectivity index is 1.78. The van der Waals surface area contributed by atoms with Crippen LogP contribution < -0.4 is 4.90 Å². The molecule has 0 radical (unpaired) electrons. The Labute approximate surface area is 116 Å². The van der Waals surface area contributed by atoms with Gasteiger partial charge in [0.2, 0.25) is 0 Å². The van der Waals surface area contributed by atoms with Crippen LogP contribution in [0.25, 0.3) is 10.9 Å². The van der Waals surface area contributed by atoms with Crippen LogP contribution >= 0.6 is 0 Å². The number of aromatic nitrogens is 5. The molecule has 1 aliphatic rings. The molecule has 0 fully saturated rings. The smallest absolute Gasteiger partial charge is 0.152 e. The summed E-state index contributed by atoms with van der Waals surface area (Å²) in [6.45, 7) is 4.54. The molecule has 0 N–H and O–H groups in total. The highest BCUT2D eigenvalue weighted by Crippen LogP contribution is 2.25. The number of anilines is 1. The Bertz CT molecular complexity index is 773. The first-order valence-electron chi connectivity index (χ1n) is 6.66. The summed E-state index contributed by atoms with van der Waals surface area (Å²) in [6.07, 6.45) is 1.63. The third kappa shape index (κ3) is 1.65. The van der Waals surface area contributed by atoms with Gasteiger partial charge in [0, 0.05) is 18.5 Å². The topological polar surface area (TPSA) is 59.7 Å². The van der Waals surface area contributed by atoms with Gasteiger partial charge in [0.25, 0.3) is 0 Å². The number of rotatable bonds is 1. The van der Waals surface area contributed by atoms with Gasteiger partial charge in [-0.15, -0.1) is 10.2 Å². The molecule has 0 amide bonds. The molecular formula is C14H14N6. The number of benzene rings is 1. The SMILES string of the molecule is Cc1nnc2n1CCN(c1ncnc3ccccc13)C2. The molecule has 100 valence electrons. The number of hydrogen-bond acceptors (Lipinski definition) is 5. The second-order valence-electron chi connectivity index (χ2n) is 4.95. The minimum atomic E-state index is 0.738. The van der Waals surface area contributed by atoms with Gasteiger partial charge in [0.05, 0.1) is 12.1 Å². The lowest BCUT2D eigenvalue weighted by Gasteiger charge is -2.29. The monoisotopic (exact) mass is 266 g/mol. The van der Waals surface area contributed by atoms with Gasteiger partial charge < -0.3 is 9.47 Å². The summed E-state index contributed by atoms with van der Waals surface area (Å²) in [4.78, 5) is 11.0. The molecule has 6 nitrogen and oxygen atoms in total. The molecule has 0 saturated carbocycles. The molecule has 0 aliphatic carbocycles. The fourth-order valence-corrected chi connectivity index (χ4v) is 2.73. The van der Waals surface area contributed by atoms with E-state index in [9.17, 15) is 0 Å². The molecule has 2 aromatic heterocycles. The number of para-hydroxylation sites is 1. The van der Waals surface area contributed by atoms with Crippen LogP contribution in [-0.4, -0.2) is 31.3 Å². The molecular weight excluding hydrogens is 252 g/mol. The van der Waals surface area contributed by atoms with Crippen molar-refractivity contribution in [1.82, 2.24) is 24.7 Å². The third-order valence-electron chi connectivity index (χ3n) is 3.76. The summed E-state index contributed by atoms with van der Waals surface area (Å²) >= 11 is 0. The summed E-state index contributed by atoms with van der Waals surface area (Å²) in [6, 6.07) is 8.09. The molecule has 3 heterocycles. The summed E-state index contributed by atoms with van der Waals surface area (Å²) in [5.41, 5.74) is 0.973. The molecule has 1 aliphatic heterocycles. The average molecular weight is 266 g/mol. The molecule has 0 spiro atoms. The summed E-state index contributed by atoms with van der Waals surface area (Å²) in [5, 5.41) is 9.47. The first-order valence-corrected chi connectivity index (χ1v) is 6.66. The van der Waals surface area contributed by atoms with E-state index < -0.39 is 0 Å². The van der Waals surface area contributed by atoms with Crippen LogP contribution in [0.5, 0.6) is 0 Å². The molecule has 6 heteroatoms.